The summed E-state index contributed by atoms with van der Waals surface area (Å²) in [5.41, 5.74) is 2.20. The average molecular weight is 552 g/mol. The molecule has 1 saturated heterocycles. The summed E-state index contributed by atoms with van der Waals surface area (Å²) in [6, 6.07) is 11.0. The first-order valence-electron chi connectivity index (χ1n) is 11.4. The van der Waals surface area contributed by atoms with Crippen molar-refractivity contribution in [3.63, 3.8) is 0 Å². The molecule has 0 unspecified atom stereocenters. The summed E-state index contributed by atoms with van der Waals surface area (Å²) in [5.74, 6) is 0.390. The van der Waals surface area contributed by atoms with Crippen molar-refractivity contribution in [2.45, 2.75) is 30.7 Å². The molecule has 4 heterocycles. The summed E-state index contributed by atoms with van der Waals surface area (Å²) in [5, 5.41) is 4.84. The molecule has 2 aliphatic heterocycles. The summed E-state index contributed by atoms with van der Waals surface area (Å²) in [4.78, 5) is 32.5. The fraction of sp³-hybridized carbons (Fsp3) is 0.320. The summed E-state index contributed by atoms with van der Waals surface area (Å²) in [6.07, 6.45) is 7.50. The highest BCUT2D eigenvalue weighted by Gasteiger charge is 2.26. The van der Waals surface area contributed by atoms with Crippen LogP contribution in [-0.2, 0) is 4.79 Å². The number of aromatic nitrogens is 2. The monoisotopic (exact) mass is 550 g/mol. The molecule has 0 aliphatic carbocycles. The highest BCUT2D eigenvalue weighted by atomic mass is 35.5. The van der Waals surface area contributed by atoms with Gasteiger partial charge in [-0.25, -0.2) is 4.98 Å². The minimum absolute atomic E-state index is 0. The zero-order valence-corrected chi connectivity index (χ0v) is 22.0. The van der Waals surface area contributed by atoms with Crippen LogP contribution < -0.4 is 5.32 Å². The van der Waals surface area contributed by atoms with E-state index in [-0.39, 0.29) is 24.2 Å². The van der Waals surface area contributed by atoms with Crippen molar-refractivity contribution in [2.75, 3.05) is 19.6 Å². The Morgan fingerprint density at radius 3 is 2.54 bits per heavy atom. The SMILES string of the molecule is Cl.O=C(NCCCC1CCN(C(=O)c2c(Cl)cccc2Cl)CC1)C1=Cc2cnc3cccc(n23)S1. The minimum Gasteiger partial charge on any atom is -0.352 e. The normalized spacial score (nSPS) is 15.5. The van der Waals surface area contributed by atoms with Gasteiger partial charge in [-0.15, -0.1) is 12.4 Å². The summed E-state index contributed by atoms with van der Waals surface area (Å²) in [6.45, 7) is 2.02. The Balaban J connectivity index is 0.00000289. The van der Waals surface area contributed by atoms with Crippen LogP contribution in [0.2, 0.25) is 10.0 Å². The lowest BCUT2D eigenvalue weighted by atomic mass is 9.92. The molecular formula is C25H25Cl3N4O2S. The van der Waals surface area contributed by atoms with Crippen molar-refractivity contribution < 1.29 is 9.59 Å². The number of thioether (sulfide) groups is 1. The van der Waals surface area contributed by atoms with Gasteiger partial charge in [0.2, 0.25) is 0 Å². The molecular weight excluding hydrogens is 527 g/mol. The van der Waals surface area contributed by atoms with Gasteiger partial charge < -0.3 is 10.2 Å². The second-order valence-corrected chi connectivity index (χ2v) is 10.5. The van der Waals surface area contributed by atoms with Gasteiger partial charge in [-0.3, -0.25) is 14.0 Å². The number of amides is 2. The van der Waals surface area contributed by atoms with E-state index in [0.717, 1.165) is 42.1 Å². The number of nitrogens with zero attached hydrogens (tertiary/aromatic N) is 3. The maximum absolute atomic E-state index is 12.8. The van der Waals surface area contributed by atoms with Crippen LogP contribution in [0.15, 0.2) is 52.5 Å². The number of hydrogen-bond acceptors (Lipinski definition) is 4. The van der Waals surface area contributed by atoms with Crippen molar-refractivity contribution in [1.29, 1.82) is 0 Å². The lowest BCUT2D eigenvalue weighted by Gasteiger charge is -2.32. The number of benzene rings is 1. The third kappa shape index (κ3) is 5.48. The predicted octanol–water partition coefficient (Wildman–Crippen LogP) is 5.96. The van der Waals surface area contributed by atoms with Gasteiger partial charge in [0.1, 0.15) is 5.65 Å². The van der Waals surface area contributed by atoms with Crippen LogP contribution in [0.1, 0.15) is 41.7 Å². The first-order chi connectivity index (χ1) is 16.5. The van der Waals surface area contributed by atoms with E-state index in [1.165, 1.54) is 11.8 Å². The smallest absolute Gasteiger partial charge is 0.258 e. The van der Waals surface area contributed by atoms with Crippen molar-refractivity contribution >= 4 is 70.9 Å². The van der Waals surface area contributed by atoms with Crippen molar-refractivity contribution in [1.82, 2.24) is 19.6 Å². The number of nitrogens with one attached hydrogen (secondary N) is 1. The quantitative estimate of drug-likeness (QED) is 0.384. The van der Waals surface area contributed by atoms with Gasteiger partial charge >= 0.3 is 0 Å². The molecule has 184 valence electrons. The summed E-state index contributed by atoms with van der Waals surface area (Å²) < 4.78 is 2.05. The number of pyridine rings is 1. The molecule has 5 rings (SSSR count). The van der Waals surface area contributed by atoms with Crippen LogP contribution in [0.4, 0.5) is 0 Å². The van der Waals surface area contributed by atoms with E-state index in [1.807, 2.05) is 29.2 Å². The maximum Gasteiger partial charge on any atom is 0.258 e. The Bertz CT molecular complexity index is 1260. The minimum atomic E-state index is -0.100. The largest absolute Gasteiger partial charge is 0.352 e. The van der Waals surface area contributed by atoms with Gasteiger partial charge in [0.25, 0.3) is 11.8 Å². The van der Waals surface area contributed by atoms with Gasteiger partial charge in [0.05, 0.1) is 37.4 Å². The van der Waals surface area contributed by atoms with Gasteiger partial charge in [-0.1, -0.05) is 47.1 Å². The predicted molar refractivity (Wildman–Crippen MR) is 144 cm³/mol. The molecule has 2 amide bonds. The van der Waals surface area contributed by atoms with Crippen molar-refractivity contribution in [3.05, 3.63) is 68.8 Å². The summed E-state index contributed by atoms with van der Waals surface area (Å²) >= 11 is 13.9. The lowest BCUT2D eigenvalue weighted by Crippen LogP contribution is -2.39. The molecule has 1 aromatic carbocycles. The molecule has 2 aromatic heterocycles. The third-order valence-corrected chi connectivity index (χ3v) is 8.07. The Kier molecular flexibility index (Phi) is 8.32. The van der Waals surface area contributed by atoms with E-state index in [9.17, 15) is 9.59 Å². The molecule has 1 N–H and O–H groups in total. The molecule has 0 radical (unpaired) electrons. The molecule has 2 aliphatic rings. The fourth-order valence-electron chi connectivity index (χ4n) is 4.56. The zero-order valence-electron chi connectivity index (χ0n) is 18.9. The zero-order chi connectivity index (χ0) is 23.7. The number of likely N-dealkylation sites (tertiary alicyclic amines) is 1. The van der Waals surface area contributed by atoms with Gasteiger partial charge in [0, 0.05) is 19.6 Å². The van der Waals surface area contributed by atoms with Crippen molar-refractivity contribution in [2.24, 2.45) is 5.92 Å². The van der Waals surface area contributed by atoms with E-state index in [0.29, 0.717) is 46.1 Å². The molecule has 3 aromatic rings. The number of imidazole rings is 1. The maximum atomic E-state index is 12.8. The molecule has 0 spiro atoms. The number of halogens is 3. The van der Waals surface area contributed by atoms with Crippen LogP contribution in [0.3, 0.4) is 0 Å². The second-order valence-electron chi connectivity index (χ2n) is 8.58. The first-order valence-corrected chi connectivity index (χ1v) is 13.0. The van der Waals surface area contributed by atoms with Gasteiger partial charge in [0.15, 0.2) is 0 Å². The third-order valence-electron chi connectivity index (χ3n) is 6.39. The Labute approximate surface area is 224 Å². The highest BCUT2D eigenvalue weighted by Crippen LogP contribution is 2.34. The average Bonchev–Trinajstić information content (AvgIpc) is 3.26. The number of hydrogen-bond donors (Lipinski definition) is 1. The van der Waals surface area contributed by atoms with Crippen molar-refractivity contribution in [3.8, 4) is 0 Å². The fourth-order valence-corrected chi connectivity index (χ4v) is 6.13. The highest BCUT2D eigenvalue weighted by molar-refractivity contribution is 8.04. The van der Waals surface area contributed by atoms with Crippen LogP contribution >= 0.6 is 47.4 Å². The van der Waals surface area contributed by atoms with Crippen LogP contribution in [-0.4, -0.2) is 45.7 Å². The number of rotatable bonds is 6. The topological polar surface area (TPSA) is 66.7 Å². The van der Waals surface area contributed by atoms with Gasteiger partial charge in [-0.05, 0) is 61.9 Å². The lowest BCUT2D eigenvalue weighted by molar-refractivity contribution is -0.116. The van der Waals surface area contributed by atoms with Crippen LogP contribution in [0, 0.1) is 5.92 Å². The van der Waals surface area contributed by atoms with Crippen LogP contribution in [0.25, 0.3) is 11.7 Å². The molecule has 0 saturated carbocycles. The molecule has 0 bridgehead atoms. The molecule has 1 fully saturated rings. The molecule has 0 atom stereocenters. The van der Waals surface area contributed by atoms with Gasteiger partial charge in [-0.2, -0.15) is 0 Å². The number of carbonyl (C=O) groups is 2. The van der Waals surface area contributed by atoms with Crippen LogP contribution in [0.5, 0.6) is 0 Å². The molecule has 35 heavy (non-hydrogen) atoms. The molecule has 10 heteroatoms. The Morgan fingerprint density at radius 2 is 1.80 bits per heavy atom. The number of piperidine rings is 1. The second kappa shape index (κ2) is 11.2. The first kappa shape index (κ1) is 25.9. The van der Waals surface area contributed by atoms with E-state index >= 15 is 0 Å². The Morgan fingerprint density at radius 1 is 1.09 bits per heavy atom. The Hall–Kier alpha value is -2.19. The van der Waals surface area contributed by atoms with E-state index < -0.39 is 0 Å². The van der Waals surface area contributed by atoms with E-state index in [2.05, 4.69) is 14.7 Å². The standard InChI is InChI=1S/C25H24Cl2N4O2S.ClH/c26-18-5-1-6-19(27)23(18)25(33)30-12-9-16(10-13-30)4-3-11-28-24(32)20-14-17-15-29-21-7-2-8-22(34-20)31(17)21;/h1-2,5-8,14-16H,3-4,9-13H2,(H,28,32);1H. The van der Waals surface area contributed by atoms with E-state index in [1.54, 1.807) is 24.4 Å². The number of carbonyl (C=O) groups excluding carboxylic acids is 2. The van der Waals surface area contributed by atoms with E-state index in [4.69, 9.17) is 23.2 Å². The summed E-state index contributed by atoms with van der Waals surface area (Å²) in [7, 11) is 0. The molecule has 6 nitrogen and oxygen atoms in total.